The molecule has 2 rings (SSSR count). The Hall–Kier alpha value is -1.99. The second-order valence-electron chi connectivity index (χ2n) is 3.25. The number of rotatable bonds is 2. The number of nitrogen functional groups attached to an aromatic ring is 1. The summed E-state index contributed by atoms with van der Waals surface area (Å²) in [6.45, 7) is -5.11. The standard InChI is InChI=1S/C8H7BF3N4/c10-9(11,12)8-5-16(15-14-8)7-3-1-6(13)2-4-7/h1-5H,13H2/q-1. The average molecular weight is 227 g/mol. The molecule has 84 valence electrons. The maximum atomic E-state index is 12.3. The van der Waals surface area contributed by atoms with Gasteiger partial charge in [-0.2, -0.15) is 5.10 Å². The number of nitrogens with two attached hydrogens (primary N) is 1. The fourth-order valence-corrected chi connectivity index (χ4v) is 1.18. The third kappa shape index (κ3) is 2.00. The molecule has 0 radical (unpaired) electrons. The van der Waals surface area contributed by atoms with Crippen LogP contribution < -0.4 is 11.3 Å². The van der Waals surface area contributed by atoms with E-state index >= 15 is 0 Å². The molecule has 0 bridgehead atoms. The molecule has 0 unspecified atom stereocenters. The van der Waals surface area contributed by atoms with Gasteiger partial charge in [0, 0.05) is 17.5 Å². The highest BCUT2D eigenvalue weighted by atomic mass is 19.4. The van der Waals surface area contributed by atoms with Crippen LogP contribution in [-0.2, 0) is 0 Å². The van der Waals surface area contributed by atoms with E-state index in [4.69, 9.17) is 5.73 Å². The van der Waals surface area contributed by atoms with Crippen molar-refractivity contribution in [1.82, 2.24) is 15.0 Å². The van der Waals surface area contributed by atoms with E-state index in [0.29, 0.717) is 11.4 Å². The van der Waals surface area contributed by atoms with Gasteiger partial charge in [0.05, 0.1) is 5.69 Å². The topological polar surface area (TPSA) is 56.7 Å². The Labute approximate surface area is 88.9 Å². The lowest BCUT2D eigenvalue weighted by atomic mass is 9.87. The highest BCUT2D eigenvalue weighted by Crippen LogP contribution is 2.11. The van der Waals surface area contributed by atoms with Crippen molar-refractivity contribution in [3.8, 4) is 5.69 Å². The minimum absolute atomic E-state index is 0.480. The molecule has 0 aliphatic heterocycles. The molecule has 1 aromatic carbocycles. The van der Waals surface area contributed by atoms with Crippen LogP contribution in [-0.4, -0.2) is 22.0 Å². The van der Waals surface area contributed by atoms with E-state index in [-0.39, 0.29) is 0 Å². The quantitative estimate of drug-likeness (QED) is 0.612. The fraction of sp³-hybridized carbons (Fsp3) is 0. The summed E-state index contributed by atoms with van der Waals surface area (Å²) < 4.78 is 38.0. The summed E-state index contributed by atoms with van der Waals surface area (Å²) in [6.07, 6.45) is 0.853. The van der Waals surface area contributed by atoms with Gasteiger partial charge in [-0.15, -0.1) is 0 Å². The van der Waals surface area contributed by atoms with Crippen molar-refractivity contribution in [3.05, 3.63) is 30.5 Å². The van der Waals surface area contributed by atoms with Crippen LogP contribution in [0.5, 0.6) is 0 Å². The van der Waals surface area contributed by atoms with Crippen molar-refractivity contribution >= 4 is 18.3 Å². The molecule has 0 amide bonds. The van der Waals surface area contributed by atoms with E-state index in [1.54, 1.807) is 24.3 Å². The smallest absolute Gasteiger partial charge is 0.444 e. The number of halogens is 3. The number of benzene rings is 1. The third-order valence-corrected chi connectivity index (χ3v) is 2.00. The molecule has 8 heteroatoms. The van der Waals surface area contributed by atoms with Crippen LogP contribution in [0.1, 0.15) is 0 Å². The zero-order valence-electron chi connectivity index (χ0n) is 8.02. The van der Waals surface area contributed by atoms with E-state index in [0.717, 1.165) is 10.9 Å². The van der Waals surface area contributed by atoms with Crippen LogP contribution in [0, 0.1) is 0 Å². The summed E-state index contributed by atoms with van der Waals surface area (Å²) in [5, 5.41) is 6.47. The zero-order chi connectivity index (χ0) is 11.8. The molecule has 0 aliphatic rings. The summed E-state index contributed by atoms with van der Waals surface area (Å²) in [6, 6.07) is 6.29. The number of nitrogens with zero attached hydrogens (tertiary/aromatic N) is 3. The van der Waals surface area contributed by atoms with E-state index in [1.807, 2.05) is 0 Å². The molecule has 1 aromatic heterocycles. The summed E-state index contributed by atoms with van der Waals surface area (Å²) >= 11 is 0. The maximum Gasteiger partial charge on any atom is 0.531 e. The second kappa shape index (κ2) is 3.55. The zero-order valence-corrected chi connectivity index (χ0v) is 8.02. The Kier molecular flexibility index (Phi) is 2.33. The number of anilines is 1. The van der Waals surface area contributed by atoms with Gasteiger partial charge in [-0.3, -0.25) is 0 Å². The highest BCUT2D eigenvalue weighted by Gasteiger charge is 2.29. The molecule has 2 N–H and O–H groups in total. The van der Waals surface area contributed by atoms with Crippen molar-refractivity contribution in [2.24, 2.45) is 0 Å². The minimum atomic E-state index is -5.11. The number of hydrogen-bond donors (Lipinski definition) is 1. The molecule has 2 aromatic rings. The van der Waals surface area contributed by atoms with Gasteiger partial charge >= 0.3 is 6.98 Å². The Balaban J connectivity index is 2.35. The van der Waals surface area contributed by atoms with Crippen LogP contribution in [0.2, 0.25) is 0 Å². The molecule has 1 heterocycles. The molecule has 0 spiro atoms. The summed E-state index contributed by atoms with van der Waals surface area (Å²) in [7, 11) is 0. The first-order valence-electron chi connectivity index (χ1n) is 4.45. The Morgan fingerprint density at radius 3 is 2.25 bits per heavy atom. The van der Waals surface area contributed by atoms with Gasteiger partial charge in [0.25, 0.3) is 0 Å². The first-order chi connectivity index (χ1) is 7.47. The minimum Gasteiger partial charge on any atom is -0.444 e. The van der Waals surface area contributed by atoms with Gasteiger partial charge in [-0.25, -0.2) is 4.68 Å². The summed E-state index contributed by atoms with van der Waals surface area (Å²) in [4.78, 5) is 0. The van der Waals surface area contributed by atoms with Gasteiger partial charge in [0.2, 0.25) is 0 Å². The Bertz CT molecular complexity index is 491. The third-order valence-electron chi connectivity index (χ3n) is 2.00. The van der Waals surface area contributed by atoms with Crippen LogP contribution in [0.25, 0.3) is 5.69 Å². The first-order valence-corrected chi connectivity index (χ1v) is 4.45. The summed E-state index contributed by atoms with van der Waals surface area (Å²) in [5.74, 6) is 0. The van der Waals surface area contributed by atoms with Gasteiger partial charge in [0.1, 0.15) is 0 Å². The normalized spacial score (nSPS) is 11.7. The monoisotopic (exact) mass is 227 g/mol. The lowest BCUT2D eigenvalue weighted by Crippen LogP contribution is -2.35. The van der Waals surface area contributed by atoms with Crippen molar-refractivity contribution < 1.29 is 12.9 Å². The molecular weight excluding hydrogens is 220 g/mol. The molecule has 4 nitrogen and oxygen atoms in total. The van der Waals surface area contributed by atoms with Crippen molar-refractivity contribution in [3.63, 3.8) is 0 Å². The van der Waals surface area contributed by atoms with Crippen LogP contribution in [0.4, 0.5) is 18.6 Å². The average Bonchev–Trinajstić information content (AvgIpc) is 2.67. The van der Waals surface area contributed by atoms with E-state index in [1.165, 1.54) is 0 Å². The molecule has 0 aliphatic carbocycles. The first kappa shape index (κ1) is 10.5. The van der Waals surface area contributed by atoms with Gasteiger partial charge < -0.3 is 18.7 Å². The number of aromatic nitrogens is 3. The van der Waals surface area contributed by atoms with Crippen LogP contribution >= 0.6 is 0 Å². The molecule has 0 fully saturated rings. The molecule has 0 saturated carbocycles. The molecule has 0 atom stereocenters. The van der Waals surface area contributed by atoms with Gasteiger partial charge in [-0.05, 0) is 24.3 Å². The van der Waals surface area contributed by atoms with Gasteiger partial charge in [-0.1, -0.05) is 5.21 Å². The SMILES string of the molecule is Nc1ccc(-n2cc([B-](F)(F)F)nn2)cc1. The van der Waals surface area contributed by atoms with E-state index < -0.39 is 12.6 Å². The lowest BCUT2D eigenvalue weighted by molar-refractivity contribution is 0.498. The predicted octanol–water partition coefficient (Wildman–Crippen LogP) is 0.904. The number of hydrogen-bond acceptors (Lipinski definition) is 3. The Morgan fingerprint density at radius 1 is 1.12 bits per heavy atom. The highest BCUT2D eigenvalue weighted by molar-refractivity contribution is 6.72. The largest absolute Gasteiger partial charge is 0.531 e. The molecule has 16 heavy (non-hydrogen) atoms. The van der Waals surface area contributed by atoms with Crippen molar-refractivity contribution in [2.75, 3.05) is 5.73 Å². The lowest BCUT2D eigenvalue weighted by Gasteiger charge is -2.08. The van der Waals surface area contributed by atoms with Gasteiger partial charge in [0.15, 0.2) is 0 Å². The Morgan fingerprint density at radius 2 is 1.75 bits per heavy atom. The van der Waals surface area contributed by atoms with E-state index in [9.17, 15) is 12.9 Å². The fourth-order valence-electron chi connectivity index (χ4n) is 1.18. The molecule has 0 saturated heterocycles. The van der Waals surface area contributed by atoms with Crippen molar-refractivity contribution in [1.29, 1.82) is 0 Å². The van der Waals surface area contributed by atoms with Crippen LogP contribution in [0.3, 0.4) is 0 Å². The van der Waals surface area contributed by atoms with Crippen LogP contribution in [0.15, 0.2) is 30.5 Å². The van der Waals surface area contributed by atoms with E-state index in [2.05, 4.69) is 10.3 Å². The molecular formula is C8H7BF3N4-. The van der Waals surface area contributed by atoms with Crippen molar-refractivity contribution in [2.45, 2.75) is 0 Å². The summed E-state index contributed by atoms with van der Waals surface area (Å²) in [5.41, 5.74) is 5.51. The predicted molar refractivity (Wildman–Crippen MR) is 54.5 cm³/mol. The maximum absolute atomic E-state index is 12.3. The second-order valence-corrected chi connectivity index (χ2v) is 3.25.